The first-order valence-corrected chi connectivity index (χ1v) is 6.88. The Kier molecular flexibility index (Phi) is 4.32. The van der Waals surface area contributed by atoms with Crippen LogP contribution in [0.4, 0.5) is 13.2 Å². The second-order valence-electron chi connectivity index (χ2n) is 4.71. The van der Waals surface area contributed by atoms with Gasteiger partial charge in [0.25, 0.3) is 0 Å². The van der Waals surface area contributed by atoms with Crippen molar-refractivity contribution in [1.29, 1.82) is 0 Å². The van der Waals surface area contributed by atoms with Gasteiger partial charge in [0.15, 0.2) is 0 Å². The molecule has 0 aliphatic heterocycles. The van der Waals surface area contributed by atoms with Gasteiger partial charge in [-0.15, -0.1) is 0 Å². The number of rotatable bonds is 2. The first kappa shape index (κ1) is 14.6. The van der Waals surface area contributed by atoms with Gasteiger partial charge in [0.05, 0.1) is 5.92 Å². The molecule has 0 amide bonds. The standard InChI is InChI=1S/C12H14BrF3N2O/c1-7-17-10(13)6-11(18-7)19-9-4-2-8(3-5-9)12(14,15)16/h6,8-9H,2-5H2,1H3. The Morgan fingerprint density at radius 3 is 2.37 bits per heavy atom. The fraction of sp³-hybridized carbons (Fsp3) is 0.667. The molecule has 0 radical (unpaired) electrons. The Hall–Kier alpha value is -0.850. The van der Waals surface area contributed by atoms with Crippen LogP contribution in [-0.4, -0.2) is 22.2 Å². The van der Waals surface area contributed by atoms with Crippen molar-refractivity contribution in [3.63, 3.8) is 0 Å². The zero-order valence-corrected chi connectivity index (χ0v) is 12.0. The molecule has 1 aromatic heterocycles. The number of alkyl halides is 3. The minimum atomic E-state index is -4.08. The summed E-state index contributed by atoms with van der Waals surface area (Å²) >= 11 is 3.23. The van der Waals surface area contributed by atoms with E-state index in [1.165, 1.54) is 0 Å². The molecule has 1 aromatic rings. The summed E-state index contributed by atoms with van der Waals surface area (Å²) in [5.74, 6) is -0.214. The van der Waals surface area contributed by atoms with E-state index in [2.05, 4.69) is 25.9 Å². The predicted molar refractivity (Wildman–Crippen MR) is 66.9 cm³/mol. The van der Waals surface area contributed by atoms with E-state index in [4.69, 9.17) is 4.74 Å². The lowest BCUT2D eigenvalue weighted by Crippen LogP contribution is -2.32. The third-order valence-electron chi connectivity index (χ3n) is 3.21. The number of hydrogen-bond donors (Lipinski definition) is 0. The van der Waals surface area contributed by atoms with Crippen molar-refractivity contribution < 1.29 is 17.9 Å². The van der Waals surface area contributed by atoms with Crippen LogP contribution in [0.25, 0.3) is 0 Å². The Morgan fingerprint density at radius 2 is 1.84 bits per heavy atom. The van der Waals surface area contributed by atoms with Crippen molar-refractivity contribution in [3.05, 3.63) is 16.5 Å². The zero-order chi connectivity index (χ0) is 14.0. The van der Waals surface area contributed by atoms with E-state index in [0.717, 1.165) is 0 Å². The lowest BCUT2D eigenvalue weighted by molar-refractivity contribution is -0.185. The van der Waals surface area contributed by atoms with Crippen LogP contribution in [0, 0.1) is 12.8 Å². The molecule has 1 saturated carbocycles. The van der Waals surface area contributed by atoms with E-state index >= 15 is 0 Å². The Balaban J connectivity index is 1.92. The second kappa shape index (κ2) is 5.64. The van der Waals surface area contributed by atoms with Crippen molar-refractivity contribution in [2.24, 2.45) is 5.92 Å². The maximum Gasteiger partial charge on any atom is 0.391 e. The smallest absolute Gasteiger partial charge is 0.391 e. The molecule has 0 spiro atoms. The van der Waals surface area contributed by atoms with Gasteiger partial charge in [0, 0.05) is 6.07 Å². The molecule has 0 N–H and O–H groups in total. The van der Waals surface area contributed by atoms with E-state index in [0.29, 0.717) is 29.1 Å². The summed E-state index contributed by atoms with van der Waals surface area (Å²) in [6.45, 7) is 1.73. The molecular formula is C12H14BrF3N2O. The number of hydrogen-bond acceptors (Lipinski definition) is 3. The molecule has 106 valence electrons. The third-order valence-corrected chi connectivity index (χ3v) is 3.61. The molecule has 7 heteroatoms. The molecule has 1 fully saturated rings. The monoisotopic (exact) mass is 338 g/mol. The highest BCUT2D eigenvalue weighted by molar-refractivity contribution is 9.10. The van der Waals surface area contributed by atoms with Gasteiger partial charge < -0.3 is 4.74 Å². The Labute approximate surface area is 117 Å². The molecule has 1 aliphatic carbocycles. The third kappa shape index (κ3) is 4.06. The van der Waals surface area contributed by atoms with E-state index < -0.39 is 12.1 Å². The highest BCUT2D eigenvalue weighted by Crippen LogP contribution is 2.38. The van der Waals surface area contributed by atoms with Gasteiger partial charge in [0.1, 0.15) is 16.5 Å². The van der Waals surface area contributed by atoms with Gasteiger partial charge in [-0.25, -0.2) is 4.98 Å². The molecule has 1 aliphatic rings. The highest BCUT2D eigenvalue weighted by atomic mass is 79.9. The summed E-state index contributed by atoms with van der Waals surface area (Å²) in [5, 5.41) is 0. The van der Waals surface area contributed by atoms with Crippen LogP contribution in [0.15, 0.2) is 10.7 Å². The van der Waals surface area contributed by atoms with Gasteiger partial charge in [-0.1, -0.05) is 0 Å². The zero-order valence-electron chi connectivity index (χ0n) is 10.4. The molecule has 0 unspecified atom stereocenters. The van der Waals surface area contributed by atoms with Gasteiger partial charge in [-0.3, -0.25) is 0 Å². The van der Waals surface area contributed by atoms with Crippen molar-refractivity contribution in [2.45, 2.75) is 44.9 Å². The topological polar surface area (TPSA) is 35.0 Å². The average molecular weight is 339 g/mol. The van der Waals surface area contributed by atoms with Crippen LogP contribution < -0.4 is 4.74 Å². The SMILES string of the molecule is Cc1nc(Br)cc(OC2CCC(C(F)(F)F)CC2)n1. The van der Waals surface area contributed by atoms with Crippen molar-refractivity contribution >= 4 is 15.9 Å². The van der Waals surface area contributed by atoms with Gasteiger partial charge in [-0.05, 0) is 48.5 Å². The lowest BCUT2D eigenvalue weighted by atomic mass is 9.87. The minimum absolute atomic E-state index is 0.124. The fourth-order valence-electron chi connectivity index (χ4n) is 2.24. The maximum absolute atomic E-state index is 12.5. The van der Waals surface area contributed by atoms with Crippen LogP contribution in [0.1, 0.15) is 31.5 Å². The van der Waals surface area contributed by atoms with Crippen LogP contribution in [-0.2, 0) is 0 Å². The van der Waals surface area contributed by atoms with Crippen molar-refractivity contribution in [1.82, 2.24) is 9.97 Å². The Morgan fingerprint density at radius 1 is 1.21 bits per heavy atom. The summed E-state index contributed by atoms with van der Waals surface area (Å²) in [5.41, 5.74) is 0. The summed E-state index contributed by atoms with van der Waals surface area (Å²) in [7, 11) is 0. The first-order chi connectivity index (χ1) is 8.84. The van der Waals surface area contributed by atoms with Crippen LogP contribution in [0.3, 0.4) is 0 Å². The van der Waals surface area contributed by atoms with Crippen molar-refractivity contribution in [3.8, 4) is 5.88 Å². The van der Waals surface area contributed by atoms with Gasteiger partial charge in [0.2, 0.25) is 5.88 Å². The quantitative estimate of drug-likeness (QED) is 0.763. The lowest BCUT2D eigenvalue weighted by Gasteiger charge is -2.29. The van der Waals surface area contributed by atoms with Gasteiger partial charge >= 0.3 is 6.18 Å². The molecule has 0 bridgehead atoms. The normalized spacial score (nSPS) is 24.3. The predicted octanol–water partition coefficient (Wildman–Crippen LogP) is 4.05. The van der Waals surface area contributed by atoms with E-state index in [9.17, 15) is 13.2 Å². The summed E-state index contributed by atoms with van der Waals surface area (Å²) in [6, 6.07) is 1.63. The largest absolute Gasteiger partial charge is 0.474 e. The molecular weight excluding hydrogens is 325 g/mol. The van der Waals surface area contributed by atoms with E-state index in [1.54, 1.807) is 13.0 Å². The van der Waals surface area contributed by atoms with Crippen molar-refractivity contribution in [2.75, 3.05) is 0 Å². The molecule has 0 aromatic carbocycles. The number of ether oxygens (including phenoxy) is 1. The molecule has 2 rings (SSSR count). The summed E-state index contributed by atoms with van der Waals surface area (Å²) in [6.07, 6.45) is -3.21. The van der Waals surface area contributed by atoms with Gasteiger partial charge in [-0.2, -0.15) is 18.2 Å². The summed E-state index contributed by atoms with van der Waals surface area (Å²) < 4.78 is 43.8. The maximum atomic E-state index is 12.5. The number of nitrogens with zero attached hydrogens (tertiary/aromatic N) is 2. The number of aryl methyl sites for hydroxylation is 1. The molecule has 1 heterocycles. The fourth-order valence-corrected chi connectivity index (χ4v) is 2.70. The molecule has 0 saturated heterocycles. The second-order valence-corrected chi connectivity index (χ2v) is 5.52. The molecule has 3 nitrogen and oxygen atoms in total. The summed E-state index contributed by atoms with van der Waals surface area (Å²) in [4.78, 5) is 8.16. The number of aromatic nitrogens is 2. The van der Waals surface area contributed by atoms with Crippen LogP contribution in [0.5, 0.6) is 5.88 Å². The van der Waals surface area contributed by atoms with Crippen LogP contribution in [0.2, 0.25) is 0 Å². The highest BCUT2D eigenvalue weighted by Gasteiger charge is 2.41. The average Bonchev–Trinajstić information content (AvgIpc) is 2.26. The van der Waals surface area contributed by atoms with Crippen LogP contribution >= 0.6 is 15.9 Å². The number of halogens is 4. The van der Waals surface area contributed by atoms with E-state index in [1.807, 2.05) is 0 Å². The molecule has 19 heavy (non-hydrogen) atoms. The first-order valence-electron chi connectivity index (χ1n) is 6.09. The molecule has 0 atom stereocenters. The minimum Gasteiger partial charge on any atom is -0.474 e. The van der Waals surface area contributed by atoms with E-state index in [-0.39, 0.29) is 18.9 Å². The Bertz CT molecular complexity index is 425.